The molecule has 0 atom stereocenters. The average molecular weight is 280 g/mol. The van der Waals surface area contributed by atoms with Crippen LogP contribution in [0.2, 0.25) is 0 Å². The number of amides is 1. The summed E-state index contributed by atoms with van der Waals surface area (Å²) < 4.78 is 1.62. The minimum Gasteiger partial charge on any atom is -0.270 e. The zero-order chi connectivity index (χ0) is 14.8. The van der Waals surface area contributed by atoms with Gasteiger partial charge in [-0.3, -0.25) is 9.99 Å². The Morgan fingerprint density at radius 1 is 1.20 bits per heavy atom. The van der Waals surface area contributed by atoms with Gasteiger partial charge in [0.15, 0.2) is 0 Å². The molecular weight excluding hydrogens is 252 g/mol. The smallest absolute Gasteiger partial charge is 0.270 e. The van der Waals surface area contributed by atoms with Crippen molar-refractivity contribution in [3.63, 3.8) is 0 Å². The standard InChI is InChI=1S/C15H28N4O/c1-4-7-11-18(12-8-5-2)17-15(20)19-13-10-16-14(19)9-6-3/h10,13H,4-9,11-12H2,1-3H3,(H,17,20). The molecule has 0 aromatic carbocycles. The Balaban J connectivity index is 2.61. The Bertz CT molecular complexity index is 381. The first-order valence-electron chi connectivity index (χ1n) is 7.81. The zero-order valence-corrected chi connectivity index (χ0v) is 13.1. The van der Waals surface area contributed by atoms with Crippen LogP contribution in [0.5, 0.6) is 0 Å². The molecule has 0 bridgehead atoms. The lowest BCUT2D eigenvalue weighted by molar-refractivity contribution is 0.173. The van der Waals surface area contributed by atoms with E-state index >= 15 is 0 Å². The maximum atomic E-state index is 12.3. The molecule has 0 radical (unpaired) electrons. The van der Waals surface area contributed by atoms with Crippen LogP contribution < -0.4 is 5.43 Å². The van der Waals surface area contributed by atoms with Crippen LogP contribution in [0.4, 0.5) is 4.79 Å². The van der Waals surface area contributed by atoms with E-state index in [1.54, 1.807) is 17.0 Å². The number of nitrogens with zero attached hydrogens (tertiary/aromatic N) is 3. The number of imidazole rings is 1. The summed E-state index contributed by atoms with van der Waals surface area (Å²) in [6.07, 6.45) is 9.68. The Hall–Kier alpha value is -1.36. The van der Waals surface area contributed by atoms with Crippen LogP contribution in [-0.2, 0) is 6.42 Å². The van der Waals surface area contributed by atoms with E-state index in [0.29, 0.717) is 0 Å². The summed E-state index contributed by atoms with van der Waals surface area (Å²) in [4.78, 5) is 16.6. The second-order valence-corrected chi connectivity index (χ2v) is 5.07. The minimum atomic E-state index is -0.0989. The molecule has 0 unspecified atom stereocenters. The van der Waals surface area contributed by atoms with Gasteiger partial charge in [-0.05, 0) is 19.3 Å². The van der Waals surface area contributed by atoms with E-state index in [4.69, 9.17) is 0 Å². The largest absolute Gasteiger partial charge is 0.341 e. The van der Waals surface area contributed by atoms with E-state index < -0.39 is 0 Å². The molecule has 0 saturated heterocycles. The molecule has 0 spiro atoms. The highest BCUT2D eigenvalue weighted by atomic mass is 16.2. The number of unbranched alkanes of at least 4 members (excludes halogenated alkanes) is 2. The SMILES string of the molecule is CCCCN(CCCC)NC(=O)n1ccnc1CCC. The third kappa shape index (κ3) is 5.33. The summed E-state index contributed by atoms with van der Waals surface area (Å²) in [5.74, 6) is 0.830. The van der Waals surface area contributed by atoms with Crippen LogP contribution in [0.15, 0.2) is 12.4 Å². The van der Waals surface area contributed by atoms with Crippen molar-refractivity contribution in [1.82, 2.24) is 20.0 Å². The van der Waals surface area contributed by atoms with E-state index in [9.17, 15) is 4.79 Å². The van der Waals surface area contributed by atoms with E-state index in [1.807, 2.05) is 5.01 Å². The van der Waals surface area contributed by atoms with Crippen molar-refractivity contribution < 1.29 is 4.79 Å². The van der Waals surface area contributed by atoms with Gasteiger partial charge in [-0.15, -0.1) is 0 Å². The molecule has 1 aromatic rings. The second kappa shape index (κ2) is 9.53. The summed E-state index contributed by atoms with van der Waals surface area (Å²) in [5.41, 5.74) is 3.01. The monoisotopic (exact) mass is 280 g/mol. The van der Waals surface area contributed by atoms with Gasteiger partial charge >= 0.3 is 6.03 Å². The van der Waals surface area contributed by atoms with Crippen LogP contribution >= 0.6 is 0 Å². The molecule has 1 N–H and O–H groups in total. The maximum Gasteiger partial charge on any atom is 0.341 e. The fraction of sp³-hybridized carbons (Fsp3) is 0.733. The highest BCUT2D eigenvalue weighted by molar-refractivity contribution is 5.76. The molecule has 5 heteroatoms. The van der Waals surface area contributed by atoms with Gasteiger partial charge < -0.3 is 0 Å². The number of hydrogen-bond donors (Lipinski definition) is 1. The van der Waals surface area contributed by atoms with Crippen LogP contribution in [0.3, 0.4) is 0 Å². The molecular formula is C15H28N4O. The second-order valence-electron chi connectivity index (χ2n) is 5.07. The molecule has 114 valence electrons. The number of hydrogen-bond acceptors (Lipinski definition) is 3. The Morgan fingerprint density at radius 3 is 2.40 bits per heavy atom. The van der Waals surface area contributed by atoms with Crippen molar-refractivity contribution in [2.24, 2.45) is 0 Å². The molecule has 1 heterocycles. The van der Waals surface area contributed by atoms with Gasteiger partial charge in [0, 0.05) is 31.9 Å². The van der Waals surface area contributed by atoms with Crippen molar-refractivity contribution in [1.29, 1.82) is 0 Å². The number of carbonyl (C=O) groups is 1. The first-order valence-corrected chi connectivity index (χ1v) is 7.81. The van der Waals surface area contributed by atoms with Crippen LogP contribution in [0.25, 0.3) is 0 Å². The molecule has 0 saturated carbocycles. The van der Waals surface area contributed by atoms with Crippen LogP contribution in [0.1, 0.15) is 58.7 Å². The Labute approximate surface area is 122 Å². The molecule has 20 heavy (non-hydrogen) atoms. The van der Waals surface area contributed by atoms with Crippen LogP contribution in [-0.4, -0.2) is 33.7 Å². The van der Waals surface area contributed by atoms with E-state index in [-0.39, 0.29) is 6.03 Å². The minimum absolute atomic E-state index is 0.0989. The number of nitrogens with one attached hydrogen (secondary N) is 1. The van der Waals surface area contributed by atoms with E-state index in [0.717, 1.165) is 57.4 Å². The van der Waals surface area contributed by atoms with Crippen LogP contribution in [0, 0.1) is 0 Å². The molecule has 1 aromatic heterocycles. The van der Waals surface area contributed by atoms with Crippen molar-refractivity contribution >= 4 is 6.03 Å². The summed E-state index contributed by atoms with van der Waals surface area (Å²) >= 11 is 0. The molecule has 1 rings (SSSR count). The molecule has 0 aliphatic carbocycles. The Morgan fingerprint density at radius 2 is 1.85 bits per heavy atom. The number of aryl methyl sites for hydroxylation is 1. The third-order valence-corrected chi connectivity index (χ3v) is 3.23. The molecule has 0 aliphatic rings. The molecule has 1 amide bonds. The zero-order valence-electron chi connectivity index (χ0n) is 13.1. The van der Waals surface area contributed by atoms with E-state index in [2.05, 4.69) is 31.2 Å². The van der Waals surface area contributed by atoms with Gasteiger partial charge in [0.2, 0.25) is 0 Å². The topological polar surface area (TPSA) is 50.2 Å². The summed E-state index contributed by atoms with van der Waals surface area (Å²) in [5, 5.41) is 2.03. The quantitative estimate of drug-likeness (QED) is 0.707. The molecule has 0 fully saturated rings. The first kappa shape index (κ1) is 16.7. The third-order valence-electron chi connectivity index (χ3n) is 3.23. The van der Waals surface area contributed by atoms with Gasteiger partial charge in [0.1, 0.15) is 5.82 Å². The predicted molar refractivity (Wildman–Crippen MR) is 81.5 cm³/mol. The van der Waals surface area contributed by atoms with E-state index in [1.165, 1.54) is 0 Å². The number of carbonyl (C=O) groups excluding carboxylic acids is 1. The number of hydrazine groups is 1. The van der Waals surface area contributed by atoms with Crippen molar-refractivity contribution in [3.8, 4) is 0 Å². The normalized spacial score (nSPS) is 11.0. The lowest BCUT2D eigenvalue weighted by atomic mass is 10.3. The number of rotatable bonds is 9. The number of aromatic nitrogens is 2. The first-order chi connectivity index (χ1) is 9.72. The lowest BCUT2D eigenvalue weighted by Gasteiger charge is -2.23. The fourth-order valence-electron chi connectivity index (χ4n) is 2.04. The Kier molecular flexibility index (Phi) is 7.95. The molecule has 5 nitrogen and oxygen atoms in total. The van der Waals surface area contributed by atoms with Gasteiger partial charge in [-0.2, -0.15) is 0 Å². The van der Waals surface area contributed by atoms with Crippen molar-refractivity contribution in [2.75, 3.05) is 13.1 Å². The highest BCUT2D eigenvalue weighted by Crippen LogP contribution is 2.02. The van der Waals surface area contributed by atoms with Crippen molar-refractivity contribution in [3.05, 3.63) is 18.2 Å². The maximum absolute atomic E-state index is 12.3. The summed E-state index contributed by atoms with van der Waals surface area (Å²) in [7, 11) is 0. The van der Waals surface area contributed by atoms with Crippen molar-refractivity contribution in [2.45, 2.75) is 59.3 Å². The average Bonchev–Trinajstić information content (AvgIpc) is 2.90. The van der Waals surface area contributed by atoms with Gasteiger partial charge in [0.05, 0.1) is 0 Å². The highest BCUT2D eigenvalue weighted by Gasteiger charge is 2.13. The summed E-state index contributed by atoms with van der Waals surface area (Å²) in [6.45, 7) is 8.22. The predicted octanol–water partition coefficient (Wildman–Crippen LogP) is 3.21. The van der Waals surface area contributed by atoms with Gasteiger partial charge in [-0.25, -0.2) is 14.8 Å². The lowest BCUT2D eigenvalue weighted by Crippen LogP contribution is -2.45. The van der Waals surface area contributed by atoms with Gasteiger partial charge in [0.25, 0.3) is 0 Å². The fourth-order valence-corrected chi connectivity index (χ4v) is 2.04. The molecule has 0 aliphatic heterocycles. The van der Waals surface area contributed by atoms with Gasteiger partial charge in [-0.1, -0.05) is 33.6 Å². The summed E-state index contributed by atoms with van der Waals surface area (Å²) in [6, 6.07) is -0.0989.